The lowest BCUT2D eigenvalue weighted by atomic mass is 9.99. The van der Waals surface area contributed by atoms with E-state index in [0.717, 1.165) is 22.3 Å². The molecule has 3 nitrogen and oxygen atoms in total. The molecule has 3 rings (SSSR count). The van der Waals surface area contributed by atoms with Crippen molar-refractivity contribution in [2.75, 3.05) is 0 Å². The molecule has 1 aromatic heterocycles. The smallest absolute Gasteiger partial charge is 0.162 e. The summed E-state index contributed by atoms with van der Waals surface area (Å²) in [7, 11) is 0. The third-order valence-corrected chi connectivity index (χ3v) is 5.16. The fourth-order valence-electron chi connectivity index (χ4n) is 3.30. The van der Waals surface area contributed by atoms with Crippen molar-refractivity contribution in [2.24, 2.45) is 0 Å². The van der Waals surface area contributed by atoms with Crippen LogP contribution in [0.15, 0.2) is 47.5 Å². The van der Waals surface area contributed by atoms with E-state index in [2.05, 4.69) is 22.5 Å². The van der Waals surface area contributed by atoms with Gasteiger partial charge in [-0.15, -0.1) is 6.58 Å². The normalized spacial score (nSPS) is 11.0. The number of rotatable bonds is 4. The van der Waals surface area contributed by atoms with Gasteiger partial charge in [0.2, 0.25) is 0 Å². The fraction of sp³-hybridized carbons (Fsp3) is 0.150. The summed E-state index contributed by atoms with van der Waals surface area (Å²) in [6.45, 7) is 7.23. The minimum Gasteiger partial charge on any atom is -0.506 e. The van der Waals surface area contributed by atoms with Crippen molar-refractivity contribution in [1.29, 1.82) is 0 Å². The minimum absolute atomic E-state index is 0.0396. The van der Waals surface area contributed by atoms with E-state index in [-0.39, 0.29) is 11.5 Å². The number of benzene rings is 2. The number of carbonyl (C=O) groups is 1. The van der Waals surface area contributed by atoms with Gasteiger partial charge in [-0.3, -0.25) is 4.79 Å². The van der Waals surface area contributed by atoms with E-state index in [4.69, 9.17) is 11.6 Å². The van der Waals surface area contributed by atoms with Crippen molar-refractivity contribution in [3.8, 4) is 11.4 Å². The first-order valence-corrected chi connectivity index (χ1v) is 8.97. The Morgan fingerprint density at radius 3 is 2.56 bits per heavy atom. The first-order chi connectivity index (χ1) is 11.9. The third-order valence-electron chi connectivity index (χ3n) is 4.31. The molecule has 128 valence electrons. The molecule has 5 heteroatoms. The number of allylic oxidation sites excluding steroid dienone is 1. The first kappa shape index (κ1) is 17.8. The van der Waals surface area contributed by atoms with Crippen molar-refractivity contribution in [1.82, 2.24) is 4.57 Å². The summed E-state index contributed by atoms with van der Waals surface area (Å²) in [5, 5.41) is 11.9. The standard InChI is InChI=1S/C20H17BrClNO2/c1-4-5-15-19-17(10-16(21)20(15)25)23(11(2)18(19)12(3)24)14-8-6-13(22)7-9-14/h4,6-10,25H,1,5H2,2-3H3. The zero-order valence-electron chi connectivity index (χ0n) is 13.9. The highest BCUT2D eigenvalue weighted by Crippen LogP contribution is 2.40. The topological polar surface area (TPSA) is 42.2 Å². The van der Waals surface area contributed by atoms with E-state index >= 15 is 0 Å². The van der Waals surface area contributed by atoms with Crippen LogP contribution in [0, 0.1) is 6.92 Å². The molecule has 0 saturated carbocycles. The maximum Gasteiger partial charge on any atom is 0.162 e. The van der Waals surface area contributed by atoms with Crippen molar-refractivity contribution in [3.63, 3.8) is 0 Å². The van der Waals surface area contributed by atoms with Crippen LogP contribution in [0.1, 0.15) is 28.5 Å². The number of aromatic nitrogens is 1. The highest BCUT2D eigenvalue weighted by atomic mass is 79.9. The number of phenolic OH excluding ortho intramolecular Hbond substituents is 1. The Morgan fingerprint density at radius 1 is 1.36 bits per heavy atom. The molecule has 1 N–H and O–H groups in total. The lowest BCUT2D eigenvalue weighted by molar-refractivity contribution is 0.101. The van der Waals surface area contributed by atoms with Gasteiger partial charge in [0.15, 0.2) is 5.78 Å². The molecule has 0 saturated heterocycles. The Labute approximate surface area is 159 Å². The molecule has 0 aliphatic rings. The maximum absolute atomic E-state index is 12.4. The fourth-order valence-corrected chi connectivity index (χ4v) is 3.89. The zero-order valence-corrected chi connectivity index (χ0v) is 16.3. The lowest BCUT2D eigenvalue weighted by Gasteiger charge is -2.11. The Morgan fingerprint density at radius 2 is 2.00 bits per heavy atom. The van der Waals surface area contributed by atoms with Gasteiger partial charge in [0.25, 0.3) is 0 Å². The van der Waals surface area contributed by atoms with E-state index in [1.54, 1.807) is 13.0 Å². The Bertz CT molecular complexity index is 1000. The van der Waals surface area contributed by atoms with Gasteiger partial charge in [-0.25, -0.2) is 0 Å². The average Bonchev–Trinajstić information content (AvgIpc) is 2.85. The molecule has 25 heavy (non-hydrogen) atoms. The summed E-state index contributed by atoms with van der Waals surface area (Å²) in [4.78, 5) is 12.4. The van der Waals surface area contributed by atoms with Crippen molar-refractivity contribution < 1.29 is 9.90 Å². The molecule has 0 spiro atoms. The summed E-state index contributed by atoms with van der Waals surface area (Å²) >= 11 is 9.43. The van der Waals surface area contributed by atoms with Crippen LogP contribution in [0.2, 0.25) is 5.02 Å². The molecule has 0 atom stereocenters. The predicted molar refractivity (Wildman–Crippen MR) is 106 cm³/mol. The van der Waals surface area contributed by atoms with Crippen LogP contribution in [0.25, 0.3) is 16.6 Å². The molecule has 2 aromatic carbocycles. The van der Waals surface area contributed by atoms with Gasteiger partial charge in [-0.1, -0.05) is 17.7 Å². The van der Waals surface area contributed by atoms with E-state index in [0.29, 0.717) is 27.0 Å². The quantitative estimate of drug-likeness (QED) is 0.417. The van der Waals surface area contributed by atoms with Gasteiger partial charge in [-0.05, 0) is 66.5 Å². The van der Waals surface area contributed by atoms with E-state index < -0.39 is 0 Å². The van der Waals surface area contributed by atoms with E-state index in [1.165, 1.54) is 0 Å². The highest BCUT2D eigenvalue weighted by molar-refractivity contribution is 9.10. The molecule has 0 amide bonds. The van der Waals surface area contributed by atoms with E-state index in [1.807, 2.05) is 41.8 Å². The number of ketones is 1. The summed E-state index contributed by atoms with van der Waals surface area (Å²) in [5.74, 6) is 0.102. The van der Waals surface area contributed by atoms with Gasteiger partial charge in [0, 0.05) is 32.9 Å². The second-order valence-corrected chi connectivity index (χ2v) is 7.19. The highest BCUT2D eigenvalue weighted by Gasteiger charge is 2.23. The number of hydrogen-bond donors (Lipinski definition) is 1. The summed E-state index contributed by atoms with van der Waals surface area (Å²) < 4.78 is 2.60. The van der Waals surface area contributed by atoms with Gasteiger partial charge < -0.3 is 9.67 Å². The number of fused-ring (bicyclic) bond motifs is 1. The molecule has 0 bridgehead atoms. The predicted octanol–water partition coefficient (Wildman–Crippen LogP) is 5.99. The minimum atomic E-state index is -0.0396. The molecule has 0 aliphatic heterocycles. The Balaban J connectivity index is 2.50. The number of aromatic hydroxyl groups is 1. The number of hydrogen-bond acceptors (Lipinski definition) is 2. The van der Waals surface area contributed by atoms with Crippen molar-refractivity contribution in [3.05, 3.63) is 69.3 Å². The Kier molecular flexibility index (Phi) is 4.76. The number of Topliss-reactive ketones (excluding diaryl/α,β-unsaturated/α-hetero) is 1. The maximum atomic E-state index is 12.4. The molecule has 1 heterocycles. The molecule has 3 aromatic rings. The van der Waals surface area contributed by atoms with Gasteiger partial charge in [0.05, 0.1) is 9.99 Å². The first-order valence-electron chi connectivity index (χ1n) is 7.80. The number of nitrogens with zero attached hydrogens (tertiary/aromatic N) is 1. The van der Waals surface area contributed by atoms with E-state index in [9.17, 15) is 9.90 Å². The monoisotopic (exact) mass is 417 g/mol. The molecule has 0 aliphatic carbocycles. The second kappa shape index (κ2) is 6.70. The van der Waals surface area contributed by atoms with Gasteiger partial charge in [-0.2, -0.15) is 0 Å². The summed E-state index contributed by atoms with van der Waals surface area (Å²) in [6.07, 6.45) is 2.19. The van der Waals surface area contributed by atoms with Gasteiger partial charge >= 0.3 is 0 Å². The van der Waals surface area contributed by atoms with Crippen LogP contribution < -0.4 is 0 Å². The second-order valence-electron chi connectivity index (χ2n) is 5.90. The molecule has 0 unspecified atom stereocenters. The lowest BCUT2D eigenvalue weighted by Crippen LogP contribution is -1.99. The Hall–Kier alpha value is -2.04. The molecule has 0 fully saturated rings. The largest absolute Gasteiger partial charge is 0.506 e. The SMILES string of the molecule is C=CCc1c(O)c(Br)cc2c1c(C(C)=O)c(C)n2-c1ccc(Cl)cc1. The summed E-state index contributed by atoms with van der Waals surface area (Å²) in [6, 6.07) is 9.29. The van der Waals surface area contributed by atoms with Crippen molar-refractivity contribution in [2.45, 2.75) is 20.3 Å². The van der Waals surface area contributed by atoms with Crippen molar-refractivity contribution >= 4 is 44.2 Å². The van der Waals surface area contributed by atoms with Crippen LogP contribution in [-0.2, 0) is 6.42 Å². The summed E-state index contributed by atoms with van der Waals surface area (Å²) in [5.41, 5.74) is 3.89. The number of halogens is 2. The van der Waals surface area contributed by atoms with Crippen LogP contribution in [0.5, 0.6) is 5.75 Å². The van der Waals surface area contributed by atoms with Gasteiger partial charge in [0.1, 0.15) is 5.75 Å². The number of phenols is 1. The third kappa shape index (κ3) is 2.90. The average molecular weight is 419 g/mol. The molecule has 0 radical (unpaired) electrons. The van der Waals surface area contributed by atoms with Crippen LogP contribution >= 0.6 is 27.5 Å². The van der Waals surface area contributed by atoms with Crippen LogP contribution in [-0.4, -0.2) is 15.5 Å². The zero-order chi connectivity index (χ0) is 18.3. The molecular formula is C20H17BrClNO2. The van der Waals surface area contributed by atoms with Crippen LogP contribution in [0.4, 0.5) is 0 Å². The number of carbonyl (C=O) groups excluding carboxylic acids is 1. The van der Waals surface area contributed by atoms with Crippen LogP contribution in [0.3, 0.4) is 0 Å². The molecular weight excluding hydrogens is 402 g/mol.